The summed E-state index contributed by atoms with van der Waals surface area (Å²) in [5.74, 6) is 3.32. The van der Waals surface area contributed by atoms with Crippen LogP contribution < -0.4 is 10.6 Å². The lowest BCUT2D eigenvalue weighted by atomic mass is 10.0. The Kier molecular flexibility index (Phi) is 7.07. The van der Waals surface area contributed by atoms with E-state index in [0.29, 0.717) is 24.6 Å². The van der Waals surface area contributed by atoms with E-state index in [0.717, 1.165) is 43.5 Å². The molecule has 1 aromatic heterocycles. The zero-order valence-corrected chi connectivity index (χ0v) is 17.2. The number of guanidine groups is 1. The fourth-order valence-corrected chi connectivity index (χ4v) is 4.12. The van der Waals surface area contributed by atoms with Crippen molar-refractivity contribution in [3.05, 3.63) is 11.6 Å². The minimum Gasteiger partial charge on any atom is -0.377 e. The zero-order valence-electron chi connectivity index (χ0n) is 17.2. The molecule has 0 radical (unpaired) electrons. The van der Waals surface area contributed by atoms with E-state index in [1.54, 1.807) is 7.11 Å². The molecule has 0 aliphatic carbocycles. The van der Waals surface area contributed by atoms with Gasteiger partial charge in [0.05, 0.1) is 6.54 Å². The maximum Gasteiger partial charge on any atom is 0.191 e. The highest BCUT2D eigenvalue weighted by molar-refractivity contribution is 5.80. The van der Waals surface area contributed by atoms with Gasteiger partial charge in [-0.3, -0.25) is 9.89 Å². The van der Waals surface area contributed by atoms with Crippen molar-refractivity contribution in [3.63, 3.8) is 0 Å². The molecular weight excluding hydrogens is 342 g/mol. The highest BCUT2D eigenvalue weighted by Gasteiger charge is 2.26. The molecule has 8 heteroatoms. The lowest BCUT2D eigenvalue weighted by Crippen LogP contribution is -2.51. The van der Waals surface area contributed by atoms with E-state index in [-0.39, 0.29) is 0 Å². The van der Waals surface area contributed by atoms with Crippen molar-refractivity contribution in [2.75, 3.05) is 33.8 Å². The molecule has 1 fully saturated rings. The number of fused-ring (bicyclic) bond motifs is 1. The van der Waals surface area contributed by atoms with Crippen LogP contribution in [0, 0.1) is 5.92 Å². The van der Waals surface area contributed by atoms with Gasteiger partial charge in [-0.25, -0.2) is 9.67 Å². The molecule has 3 rings (SSSR count). The van der Waals surface area contributed by atoms with Gasteiger partial charge in [0.2, 0.25) is 0 Å². The third-order valence-corrected chi connectivity index (χ3v) is 5.60. The Morgan fingerprint density at radius 2 is 2.11 bits per heavy atom. The van der Waals surface area contributed by atoms with Crippen LogP contribution in [0.25, 0.3) is 0 Å². The van der Waals surface area contributed by atoms with Crippen LogP contribution in [0.15, 0.2) is 4.99 Å². The Balaban J connectivity index is 1.52. The highest BCUT2D eigenvalue weighted by Crippen LogP contribution is 2.17. The van der Waals surface area contributed by atoms with Crippen molar-refractivity contribution in [1.82, 2.24) is 30.3 Å². The molecule has 27 heavy (non-hydrogen) atoms. The van der Waals surface area contributed by atoms with Gasteiger partial charge in [-0.15, -0.1) is 0 Å². The van der Waals surface area contributed by atoms with Crippen LogP contribution in [0.1, 0.15) is 44.8 Å². The first kappa shape index (κ1) is 20.1. The van der Waals surface area contributed by atoms with Gasteiger partial charge in [0.15, 0.2) is 11.8 Å². The van der Waals surface area contributed by atoms with Gasteiger partial charge in [0.25, 0.3) is 0 Å². The molecule has 8 nitrogen and oxygen atoms in total. The molecule has 2 N–H and O–H groups in total. The number of hydrogen-bond donors (Lipinski definition) is 2. The van der Waals surface area contributed by atoms with Gasteiger partial charge in [0.1, 0.15) is 12.4 Å². The third-order valence-electron chi connectivity index (χ3n) is 5.60. The number of rotatable bonds is 7. The maximum absolute atomic E-state index is 5.14. The third kappa shape index (κ3) is 5.19. The van der Waals surface area contributed by atoms with E-state index in [1.165, 1.54) is 25.9 Å². The summed E-state index contributed by atoms with van der Waals surface area (Å²) < 4.78 is 7.15. The molecule has 0 aromatic carbocycles. The van der Waals surface area contributed by atoms with E-state index in [4.69, 9.17) is 4.74 Å². The summed E-state index contributed by atoms with van der Waals surface area (Å²) in [6.07, 6.45) is 4.60. The largest absolute Gasteiger partial charge is 0.377 e. The number of ether oxygens (including phenoxy) is 1. The molecule has 2 atom stereocenters. The average Bonchev–Trinajstić information content (AvgIpc) is 3.30. The van der Waals surface area contributed by atoms with Crippen molar-refractivity contribution in [2.24, 2.45) is 10.9 Å². The van der Waals surface area contributed by atoms with Gasteiger partial charge < -0.3 is 15.4 Å². The zero-order chi connectivity index (χ0) is 19.2. The van der Waals surface area contributed by atoms with Crippen LogP contribution in [-0.4, -0.2) is 71.5 Å². The number of hydrogen-bond acceptors (Lipinski definition) is 5. The second-order valence-corrected chi connectivity index (χ2v) is 7.95. The molecule has 0 amide bonds. The van der Waals surface area contributed by atoms with Crippen molar-refractivity contribution in [1.29, 1.82) is 0 Å². The number of aromatic nitrogens is 3. The predicted molar refractivity (Wildman–Crippen MR) is 107 cm³/mol. The number of nitrogens with one attached hydrogen (secondary N) is 2. The predicted octanol–water partition coefficient (Wildman–Crippen LogP) is 1.02. The SMILES string of the molecule is CN=C(NCC(C(C)C)N1CCCC1)NC1CCc2nc(COC)nn2C1. The summed E-state index contributed by atoms with van der Waals surface area (Å²) in [5, 5.41) is 11.7. The first-order valence-electron chi connectivity index (χ1n) is 10.2. The monoisotopic (exact) mass is 377 g/mol. The van der Waals surface area contributed by atoms with Crippen LogP contribution in [0.2, 0.25) is 0 Å². The van der Waals surface area contributed by atoms with Crippen molar-refractivity contribution >= 4 is 5.96 Å². The molecule has 1 saturated heterocycles. The Labute approximate surface area is 162 Å². The van der Waals surface area contributed by atoms with Crippen LogP contribution in [0.5, 0.6) is 0 Å². The minimum absolute atomic E-state index is 0.310. The second-order valence-electron chi connectivity index (χ2n) is 7.95. The molecule has 2 unspecified atom stereocenters. The average molecular weight is 378 g/mol. The second kappa shape index (κ2) is 9.50. The van der Waals surface area contributed by atoms with Crippen molar-refractivity contribution < 1.29 is 4.74 Å². The first-order valence-corrected chi connectivity index (χ1v) is 10.2. The lowest BCUT2D eigenvalue weighted by molar-refractivity contribution is 0.177. The van der Waals surface area contributed by atoms with Gasteiger partial charge in [-0.2, -0.15) is 5.10 Å². The summed E-state index contributed by atoms with van der Waals surface area (Å²) in [4.78, 5) is 11.6. The Morgan fingerprint density at radius 3 is 2.78 bits per heavy atom. The fraction of sp³-hybridized carbons (Fsp3) is 0.842. The summed E-state index contributed by atoms with van der Waals surface area (Å²) in [6, 6.07) is 0.862. The van der Waals surface area contributed by atoms with Gasteiger partial charge in [0, 0.05) is 39.2 Å². The topological polar surface area (TPSA) is 79.6 Å². The Bertz CT molecular complexity index is 622. The lowest BCUT2D eigenvalue weighted by Gasteiger charge is -2.32. The fourth-order valence-electron chi connectivity index (χ4n) is 4.12. The molecule has 3 heterocycles. The summed E-state index contributed by atoms with van der Waals surface area (Å²) in [6.45, 7) is 9.27. The Morgan fingerprint density at radius 1 is 1.33 bits per heavy atom. The molecule has 0 bridgehead atoms. The molecule has 0 spiro atoms. The molecular formula is C19H35N7O. The van der Waals surface area contributed by atoms with E-state index in [9.17, 15) is 0 Å². The summed E-state index contributed by atoms with van der Waals surface area (Å²) >= 11 is 0. The van der Waals surface area contributed by atoms with E-state index >= 15 is 0 Å². The maximum atomic E-state index is 5.14. The van der Waals surface area contributed by atoms with E-state index in [1.807, 2.05) is 11.7 Å². The number of nitrogens with zero attached hydrogens (tertiary/aromatic N) is 5. The minimum atomic E-state index is 0.310. The van der Waals surface area contributed by atoms with Gasteiger partial charge in [-0.1, -0.05) is 13.8 Å². The quantitative estimate of drug-likeness (QED) is 0.546. The van der Waals surface area contributed by atoms with E-state index < -0.39 is 0 Å². The smallest absolute Gasteiger partial charge is 0.191 e. The van der Waals surface area contributed by atoms with Crippen LogP contribution in [-0.2, 0) is 24.3 Å². The standard InChI is InChI=1S/C19H35N7O/c1-14(2)16(25-9-5-6-10-25)11-21-19(20-3)22-15-7-8-18-23-17(13-27-4)24-26(18)12-15/h14-16H,5-13H2,1-4H3,(H2,20,21,22). The van der Waals surface area contributed by atoms with Crippen molar-refractivity contribution in [2.45, 2.75) is 64.8 Å². The highest BCUT2D eigenvalue weighted by atomic mass is 16.5. The van der Waals surface area contributed by atoms with Gasteiger partial charge in [-0.05, 0) is 38.3 Å². The molecule has 2 aliphatic rings. The van der Waals surface area contributed by atoms with Crippen molar-refractivity contribution in [3.8, 4) is 0 Å². The van der Waals surface area contributed by atoms with E-state index in [2.05, 4.69) is 44.5 Å². The number of aryl methyl sites for hydroxylation is 1. The number of aliphatic imine (C=N–C) groups is 1. The molecule has 1 aromatic rings. The summed E-state index contributed by atoms with van der Waals surface area (Å²) in [7, 11) is 3.52. The first-order chi connectivity index (χ1) is 13.1. The normalized spacial score (nSPS) is 22.1. The van der Waals surface area contributed by atoms with Gasteiger partial charge >= 0.3 is 0 Å². The molecule has 152 valence electrons. The Hall–Kier alpha value is -1.67. The molecule has 2 aliphatic heterocycles. The number of likely N-dealkylation sites (tertiary alicyclic amines) is 1. The van der Waals surface area contributed by atoms with Crippen LogP contribution in [0.3, 0.4) is 0 Å². The van der Waals surface area contributed by atoms with Crippen LogP contribution >= 0.6 is 0 Å². The summed E-state index contributed by atoms with van der Waals surface area (Å²) in [5.41, 5.74) is 0. The molecule has 0 saturated carbocycles. The van der Waals surface area contributed by atoms with Crippen LogP contribution in [0.4, 0.5) is 0 Å². The number of methoxy groups -OCH3 is 1.